The van der Waals surface area contributed by atoms with Gasteiger partial charge in [-0.2, -0.15) is 0 Å². The van der Waals surface area contributed by atoms with Gasteiger partial charge in [-0.05, 0) is 68.2 Å². The third-order valence-corrected chi connectivity index (χ3v) is 9.11. The van der Waals surface area contributed by atoms with Crippen LogP contribution in [0.1, 0.15) is 53.1 Å². The van der Waals surface area contributed by atoms with E-state index < -0.39 is 23.7 Å². The highest BCUT2D eigenvalue weighted by molar-refractivity contribution is 6.25. The number of benzene rings is 2. The molecule has 8 heteroatoms. The molecule has 7 rings (SSSR count). The molecular weight excluding hydrogens is 546 g/mol. The Kier molecular flexibility index (Phi) is 6.32. The largest absolute Gasteiger partial charge is 0.463 e. The fourth-order valence-corrected chi connectivity index (χ4v) is 7.10. The number of carbonyl (C=O) groups is 5. The van der Waals surface area contributed by atoms with Gasteiger partial charge in [0.1, 0.15) is 18.1 Å². The second kappa shape index (κ2) is 10.1. The lowest BCUT2D eigenvalue weighted by Gasteiger charge is -2.41. The summed E-state index contributed by atoms with van der Waals surface area (Å²) >= 11 is 0. The highest BCUT2D eigenvalue weighted by Gasteiger charge is 2.57. The number of ketones is 3. The monoisotopic (exact) mass is 573 g/mol. The highest BCUT2D eigenvalue weighted by Crippen LogP contribution is 2.55. The Morgan fingerprint density at radius 3 is 2.33 bits per heavy atom. The van der Waals surface area contributed by atoms with Crippen molar-refractivity contribution in [1.29, 1.82) is 0 Å². The molecule has 1 aliphatic heterocycles. The molecule has 3 aliphatic carbocycles. The molecule has 1 saturated heterocycles. The number of amides is 2. The summed E-state index contributed by atoms with van der Waals surface area (Å²) in [6, 6.07) is 18.6. The quantitative estimate of drug-likeness (QED) is 0.204. The molecule has 0 unspecified atom stereocenters. The number of furan rings is 1. The molecule has 0 spiro atoms. The van der Waals surface area contributed by atoms with Crippen molar-refractivity contribution in [3.05, 3.63) is 124 Å². The molecule has 3 aromatic rings. The number of rotatable bonds is 5. The number of fused-ring (bicyclic) bond motifs is 3. The average molecular weight is 574 g/mol. The fraction of sp³-hybridized carbons (Fsp3) is 0.229. The first-order valence-electron chi connectivity index (χ1n) is 14.3. The molecule has 0 radical (unpaired) electrons. The van der Waals surface area contributed by atoms with E-state index in [2.05, 4.69) is 0 Å². The van der Waals surface area contributed by atoms with E-state index in [4.69, 9.17) is 4.42 Å². The van der Waals surface area contributed by atoms with Gasteiger partial charge in [-0.1, -0.05) is 42.0 Å². The number of hydrogen-bond donors (Lipinski definition) is 1. The van der Waals surface area contributed by atoms with Gasteiger partial charge in [-0.15, -0.1) is 0 Å². The van der Waals surface area contributed by atoms with E-state index in [0.717, 1.165) is 5.57 Å². The fourth-order valence-electron chi connectivity index (χ4n) is 7.10. The van der Waals surface area contributed by atoms with Crippen LogP contribution in [0, 0.1) is 17.8 Å². The van der Waals surface area contributed by atoms with Crippen LogP contribution in [0.5, 0.6) is 0 Å². The molecule has 0 bridgehead atoms. The third kappa shape index (κ3) is 4.12. The zero-order chi connectivity index (χ0) is 30.0. The third-order valence-electron chi connectivity index (χ3n) is 9.11. The number of allylic oxidation sites excluding steroid dienone is 6. The van der Waals surface area contributed by atoms with E-state index in [-0.39, 0.29) is 42.2 Å². The zero-order valence-corrected chi connectivity index (χ0v) is 23.3. The standard InChI is InChI=1S/C35H27NO7/c1-18-15-27(38)26-16-25-23(30(31(26)32(18)39)28-14-11-22(17-37)43-28)12-13-24-29(25)35(42)36(34(24)41)21-9-7-20(8-10-21)33(40)19-5-3-2-4-6-19/h2-12,14-15,24-25,29-30,37H,13,16-17H2,1H3/t24-,25+,29-,30+/m0/s1. The minimum absolute atomic E-state index is 0.163. The molecule has 4 atom stereocenters. The number of aliphatic hydroxyl groups is 1. The number of aliphatic hydroxyl groups excluding tert-OH is 1. The van der Waals surface area contributed by atoms with Gasteiger partial charge in [0.05, 0.1) is 23.4 Å². The van der Waals surface area contributed by atoms with E-state index in [1.807, 2.05) is 12.1 Å². The van der Waals surface area contributed by atoms with Crippen molar-refractivity contribution in [3.8, 4) is 0 Å². The molecular formula is C35H27NO7. The lowest BCUT2D eigenvalue weighted by molar-refractivity contribution is -0.123. The molecule has 4 aliphatic rings. The Balaban J connectivity index is 1.24. The first-order chi connectivity index (χ1) is 20.8. The number of anilines is 1. The average Bonchev–Trinajstić information content (AvgIpc) is 3.61. The summed E-state index contributed by atoms with van der Waals surface area (Å²) in [5, 5.41) is 9.62. The lowest BCUT2D eigenvalue weighted by Crippen LogP contribution is -2.39. The van der Waals surface area contributed by atoms with E-state index in [1.54, 1.807) is 67.6 Å². The van der Waals surface area contributed by atoms with Crippen LogP contribution in [0.3, 0.4) is 0 Å². The van der Waals surface area contributed by atoms with Crippen molar-refractivity contribution in [3.63, 3.8) is 0 Å². The van der Waals surface area contributed by atoms with Gasteiger partial charge < -0.3 is 9.52 Å². The summed E-state index contributed by atoms with van der Waals surface area (Å²) in [5.41, 5.74) is 3.16. The topological polar surface area (TPSA) is 122 Å². The molecule has 1 aromatic heterocycles. The van der Waals surface area contributed by atoms with Crippen molar-refractivity contribution >= 4 is 34.9 Å². The van der Waals surface area contributed by atoms with Crippen molar-refractivity contribution in [2.24, 2.45) is 17.8 Å². The Labute approximate surface area is 247 Å². The van der Waals surface area contributed by atoms with Crippen molar-refractivity contribution in [2.75, 3.05) is 4.90 Å². The van der Waals surface area contributed by atoms with E-state index >= 15 is 0 Å². The predicted octanol–water partition coefficient (Wildman–Crippen LogP) is 4.64. The van der Waals surface area contributed by atoms with Crippen LogP contribution < -0.4 is 4.90 Å². The van der Waals surface area contributed by atoms with Crippen LogP contribution in [-0.4, -0.2) is 34.3 Å². The van der Waals surface area contributed by atoms with Gasteiger partial charge in [0.15, 0.2) is 17.3 Å². The van der Waals surface area contributed by atoms with Crippen molar-refractivity contribution < 1.29 is 33.5 Å². The molecule has 8 nitrogen and oxygen atoms in total. The second-order valence-electron chi connectivity index (χ2n) is 11.4. The van der Waals surface area contributed by atoms with Gasteiger partial charge in [0, 0.05) is 27.8 Å². The number of nitrogens with zero attached hydrogens (tertiary/aromatic N) is 1. The maximum Gasteiger partial charge on any atom is 0.238 e. The summed E-state index contributed by atoms with van der Waals surface area (Å²) in [5.74, 6) is -3.19. The van der Waals surface area contributed by atoms with Gasteiger partial charge in [0.2, 0.25) is 11.8 Å². The van der Waals surface area contributed by atoms with Crippen LogP contribution in [-0.2, 0) is 25.8 Å². The molecule has 2 heterocycles. The van der Waals surface area contributed by atoms with E-state index in [0.29, 0.717) is 51.5 Å². The molecule has 43 heavy (non-hydrogen) atoms. The second-order valence-corrected chi connectivity index (χ2v) is 11.4. The summed E-state index contributed by atoms with van der Waals surface area (Å²) in [6.45, 7) is 1.28. The molecule has 2 aromatic carbocycles. The van der Waals surface area contributed by atoms with Gasteiger partial charge in [0.25, 0.3) is 0 Å². The van der Waals surface area contributed by atoms with Crippen LogP contribution in [0.15, 0.2) is 106 Å². The summed E-state index contributed by atoms with van der Waals surface area (Å²) < 4.78 is 5.90. The minimum atomic E-state index is -0.725. The summed E-state index contributed by atoms with van der Waals surface area (Å²) in [6.07, 6.45) is 3.72. The SMILES string of the molecule is CC1=CC(=O)C2=C(C1=O)[C@@H](c1ccc(CO)o1)C1=CC[C@@H]3C(=O)N(c4ccc(C(=O)c5ccccc5)cc4)C(=O)[C@@H]3[C@@H]1C2. The van der Waals surface area contributed by atoms with Gasteiger partial charge in [-0.25, -0.2) is 0 Å². The highest BCUT2D eigenvalue weighted by atomic mass is 16.4. The lowest BCUT2D eigenvalue weighted by atomic mass is 9.60. The molecule has 1 N–H and O–H groups in total. The number of carbonyl (C=O) groups excluding carboxylic acids is 5. The van der Waals surface area contributed by atoms with Crippen LogP contribution in [0.4, 0.5) is 5.69 Å². The molecule has 1 fully saturated rings. The number of imide groups is 1. The molecule has 2 amide bonds. The first kappa shape index (κ1) is 26.9. The molecule has 0 saturated carbocycles. The Bertz CT molecular complexity index is 1820. The van der Waals surface area contributed by atoms with E-state index in [1.165, 1.54) is 11.0 Å². The summed E-state index contributed by atoms with van der Waals surface area (Å²) in [7, 11) is 0. The maximum absolute atomic E-state index is 14.1. The Morgan fingerprint density at radius 2 is 1.63 bits per heavy atom. The van der Waals surface area contributed by atoms with Crippen LogP contribution in [0.2, 0.25) is 0 Å². The molecule has 214 valence electrons. The Hall–Kier alpha value is -4.95. The first-order valence-corrected chi connectivity index (χ1v) is 14.3. The smallest absolute Gasteiger partial charge is 0.238 e. The zero-order valence-electron chi connectivity index (χ0n) is 23.3. The Morgan fingerprint density at radius 1 is 0.907 bits per heavy atom. The number of Topliss-reactive ketones (excluding diaryl/α,β-unsaturated/α-hetero) is 1. The maximum atomic E-state index is 14.1. The van der Waals surface area contributed by atoms with Crippen molar-refractivity contribution in [2.45, 2.75) is 32.3 Å². The van der Waals surface area contributed by atoms with Crippen LogP contribution in [0.25, 0.3) is 0 Å². The van der Waals surface area contributed by atoms with Crippen LogP contribution >= 0.6 is 0 Å². The van der Waals surface area contributed by atoms with Gasteiger partial charge >= 0.3 is 0 Å². The summed E-state index contributed by atoms with van der Waals surface area (Å²) in [4.78, 5) is 68.6. The van der Waals surface area contributed by atoms with Crippen molar-refractivity contribution in [1.82, 2.24) is 0 Å². The van der Waals surface area contributed by atoms with Gasteiger partial charge in [-0.3, -0.25) is 28.9 Å². The minimum Gasteiger partial charge on any atom is -0.463 e. The predicted molar refractivity (Wildman–Crippen MR) is 155 cm³/mol. The normalized spacial score (nSPS) is 24.8. The van der Waals surface area contributed by atoms with E-state index in [9.17, 15) is 29.1 Å². The number of hydrogen-bond acceptors (Lipinski definition) is 7.